The summed E-state index contributed by atoms with van der Waals surface area (Å²) in [6.45, 7) is 3.93. The number of pyridine rings is 1. The zero-order chi connectivity index (χ0) is 12.4. The summed E-state index contributed by atoms with van der Waals surface area (Å²) >= 11 is 0. The van der Waals surface area contributed by atoms with Gasteiger partial charge >= 0.3 is 5.97 Å². The van der Waals surface area contributed by atoms with Crippen LogP contribution in [-0.4, -0.2) is 16.1 Å². The van der Waals surface area contributed by atoms with Crippen molar-refractivity contribution in [2.75, 3.05) is 0 Å². The van der Waals surface area contributed by atoms with Crippen LogP contribution in [-0.2, 0) is 0 Å². The normalized spacial score (nSPS) is 10.2. The highest BCUT2D eigenvalue weighted by Gasteiger charge is 2.05. The highest BCUT2D eigenvalue weighted by atomic mass is 16.4. The number of aromatic nitrogens is 1. The van der Waals surface area contributed by atoms with E-state index in [4.69, 9.17) is 5.11 Å². The summed E-state index contributed by atoms with van der Waals surface area (Å²) < 4.78 is 0. The van der Waals surface area contributed by atoms with Gasteiger partial charge in [0.1, 0.15) is 0 Å². The van der Waals surface area contributed by atoms with E-state index >= 15 is 0 Å². The van der Waals surface area contributed by atoms with E-state index in [9.17, 15) is 4.79 Å². The second kappa shape index (κ2) is 4.37. The third-order valence-electron chi connectivity index (χ3n) is 2.68. The van der Waals surface area contributed by atoms with Gasteiger partial charge in [0, 0.05) is 11.9 Å². The van der Waals surface area contributed by atoms with Crippen molar-refractivity contribution in [3.8, 4) is 11.1 Å². The molecule has 0 amide bonds. The van der Waals surface area contributed by atoms with Crippen LogP contribution in [0.25, 0.3) is 11.1 Å². The predicted octanol–water partition coefficient (Wildman–Crippen LogP) is 3.06. The molecule has 1 N–H and O–H groups in total. The van der Waals surface area contributed by atoms with E-state index < -0.39 is 5.97 Å². The second-order valence-electron chi connectivity index (χ2n) is 4.02. The molecule has 1 aromatic carbocycles. The van der Waals surface area contributed by atoms with Crippen LogP contribution in [0.15, 0.2) is 36.5 Å². The lowest BCUT2D eigenvalue weighted by Crippen LogP contribution is -1.95. The zero-order valence-electron chi connectivity index (χ0n) is 9.77. The number of carbonyl (C=O) groups is 1. The Hall–Kier alpha value is -2.16. The number of aryl methyl sites for hydroxylation is 2. The van der Waals surface area contributed by atoms with Crippen molar-refractivity contribution in [1.29, 1.82) is 0 Å². The number of rotatable bonds is 2. The van der Waals surface area contributed by atoms with Gasteiger partial charge < -0.3 is 5.11 Å². The molecule has 2 aromatic rings. The smallest absolute Gasteiger partial charge is 0.335 e. The topological polar surface area (TPSA) is 50.2 Å². The molecule has 0 atom stereocenters. The molecule has 0 fully saturated rings. The van der Waals surface area contributed by atoms with Gasteiger partial charge in [0.05, 0.1) is 5.56 Å². The van der Waals surface area contributed by atoms with Gasteiger partial charge in [-0.05, 0) is 48.7 Å². The second-order valence-corrected chi connectivity index (χ2v) is 4.02. The summed E-state index contributed by atoms with van der Waals surface area (Å²) in [6, 6.07) is 8.89. The first-order chi connectivity index (χ1) is 8.08. The van der Waals surface area contributed by atoms with E-state index in [-0.39, 0.29) is 0 Å². The standard InChI is InChI=1S/C14H13NO2/c1-9-8-15-10(2)7-13(9)11-3-5-12(6-4-11)14(16)17/h3-8H,1-2H3,(H,16,17). The number of nitrogens with zero attached hydrogens (tertiary/aromatic N) is 1. The lowest BCUT2D eigenvalue weighted by molar-refractivity contribution is 0.0697. The van der Waals surface area contributed by atoms with Crippen molar-refractivity contribution in [1.82, 2.24) is 4.98 Å². The summed E-state index contributed by atoms with van der Waals surface area (Å²) in [4.78, 5) is 15.0. The quantitative estimate of drug-likeness (QED) is 0.857. The fraction of sp³-hybridized carbons (Fsp3) is 0.143. The molecule has 1 heterocycles. The molecule has 17 heavy (non-hydrogen) atoms. The van der Waals surface area contributed by atoms with Crippen molar-refractivity contribution in [3.63, 3.8) is 0 Å². The molecule has 1 aromatic heterocycles. The maximum absolute atomic E-state index is 10.8. The minimum Gasteiger partial charge on any atom is -0.478 e. The third-order valence-corrected chi connectivity index (χ3v) is 2.68. The molecule has 3 nitrogen and oxygen atoms in total. The lowest BCUT2D eigenvalue weighted by atomic mass is 10.0. The van der Waals surface area contributed by atoms with E-state index in [2.05, 4.69) is 4.98 Å². The molecule has 0 bridgehead atoms. The Morgan fingerprint density at radius 1 is 1.18 bits per heavy atom. The lowest BCUT2D eigenvalue weighted by Gasteiger charge is -2.07. The largest absolute Gasteiger partial charge is 0.478 e. The van der Waals surface area contributed by atoms with E-state index in [1.807, 2.05) is 38.2 Å². The predicted molar refractivity (Wildman–Crippen MR) is 66.1 cm³/mol. The molecule has 86 valence electrons. The molecule has 0 saturated heterocycles. The highest BCUT2D eigenvalue weighted by Crippen LogP contribution is 2.23. The van der Waals surface area contributed by atoms with Gasteiger partial charge in [-0.1, -0.05) is 12.1 Å². The summed E-state index contributed by atoms with van der Waals surface area (Å²) in [5, 5.41) is 8.83. The molecular formula is C14H13NO2. The van der Waals surface area contributed by atoms with Gasteiger partial charge in [0.2, 0.25) is 0 Å². The number of hydrogen-bond donors (Lipinski definition) is 1. The molecule has 0 spiro atoms. The van der Waals surface area contributed by atoms with Crippen molar-refractivity contribution in [3.05, 3.63) is 53.3 Å². The van der Waals surface area contributed by atoms with Crippen molar-refractivity contribution < 1.29 is 9.90 Å². The van der Waals surface area contributed by atoms with Crippen LogP contribution in [0.2, 0.25) is 0 Å². The molecule has 0 unspecified atom stereocenters. The Kier molecular flexibility index (Phi) is 2.91. The number of aromatic carboxylic acids is 1. The summed E-state index contributed by atoms with van der Waals surface area (Å²) in [5.74, 6) is -0.904. The highest BCUT2D eigenvalue weighted by molar-refractivity contribution is 5.88. The van der Waals surface area contributed by atoms with E-state index in [0.717, 1.165) is 22.4 Å². The van der Waals surface area contributed by atoms with E-state index in [0.29, 0.717) is 5.56 Å². The molecule has 2 rings (SSSR count). The van der Waals surface area contributed by atoms with Gasteiger partial charge in [-0.3, -0.25) is 4.98 Å². The first-order valence-corrected chi connectivity index (χ1v) is 5.35. The van der Waals surface area contributed by atoms with E-state index in [1.165, 1.54) is 0 Å². The monoisotopic (exact) mass is 227 g/mol. The SMILES string of the molecule is Cc1cc(-c2ccc(C(=O)O)cc2)c(C)cn1. The van der Waals surface area contributed by atoms with Crippen LogP contribution in [0.1, 0.15) is 21.6 Å². The molecule has 0 aliphatic rings. The summed E-state index contributed by atoms with van der Waals surface area (Å²) in [7, 11) is 0. The minimum absolute atomic E-state index is 0.303. The van der Waals surface area contributed by atoms with Crippen LogP contribution in [0, 0.1) is 13.8 Å². The molecule has 0 aliphatic heterocycles. The summed E-state index contributed by atoms with van der Waals surface area (Å²) in [6.07, 6.45) is 1.83. The van der Waals surface area contributed by atoms with Crippen LogP contribution in [0.5, 0.6) is 0 Å². The fourth-order valence-corrected chi connectivity index (χ4v) is 1.73. The van der Waals surface area contributed by atoms with Crippen molar-refractivity contribution in [2.45, 2.75) is 13.8 Å². The van der Waals surface area contributed by atoms with Crippen LogP contribution in [0.3, 0.4) is 0 Å². The van der Waals surface area contributed by atoms with Crippen LogP contribution >= 0.6 is 0 Å². The number of carboxylic acids is 1. The van der Waals surface area contributed by atoms with Gasteiger partial charge in [0.25, 0.3) is 0 Å². The average molecular weight is 227 g/mol. The van der Waals surface area contributed by atoms with E-state index in [1.54, 1.807) is 12.1 Å². The van der Waals surface area contributed by atoms with Crippen molar-refractivity contribution >= 4 is 5.97 Å². The van der Waals surface area contributed by atoms with Gasteiger partial charge in [-0.25, -0.2) is 4.79 Å². The van der Waals surface area contributed by atoms with Crippen molar-refractivity contribution in [2.24, 2.45) is 0 Å². The molecule has 0 saturated carbocycles. The minimum atomic E-state index is -0.904. The number of carboxylic acid groups (broad SMARTS) is 1. The maximum atomic E-state index is 10.8. The first kappa shape index (κ1) is 11.3. The Bertz CT molecular complexity index is 559. The molecule has 0 aliphatic carbocycles. The molecule has 3 heteroatoms. The Labute approximate surface area is 99.8 Å². The molecular weight excluding hydrogens is 214 g/mol. The number of benzene rings is 1. The first-order valence-electron chi connectivity index (χ1n) is 5.35. The van der Waals surface area contributed by atoms with Crippen LogP contribution in [0.4, 0.5) is 0 Å². The Morgan fingerprint density at radius 3 is 2.41 bits per heavy atom. The Morgan fingerprint density at radius 2 is 1.82 bits per heavy atom. The average Bonchev–Trinajstić information content (AvgIpc) is 2.32. The van der Waals surface area contributed by atoms with Gasteiger partial charge in [-0.15, -0.1) is 0 Å². The summed E-state index contributed by atoms with van der Waals surface area (Å²) in [5.41, 5.74) is 4.44. The van der Waals surface area contributed by atoms with Gasteiger partial charge in [0.15, 0.2) is 0 Å². The Balaban J connectivity index is 2.46. The maximum Gasteiger partial charge on any atom is 0.335 e. The van der Waals surface area contributed by atoms with Crippen LogP contribution < -0.4 is 0 Å². The van der Waals surface area contributed by atoms with Gasteiger partial charge in [-0.2, -0.15) is 0 Å². The zero-order valence-corrected chi connectivity index (χ0v) is 9.77. The third kappa shape index (κ3) is 2.33. The number of hydrogen-bond acceptors (Lipinski definition) is 2. The molecule has 0 radical (unpaired) electrons. The fourth-order valence-electron chi connectivity index (χ4n) is 1.73.